The Morgan fingerprint density at radius 1 is 1.36 bits per heavy atom. The number of esters is 1. The van der Waals surface area contributed by atoms with Crippen LogP contribution in [0.3, 0.4) is 0 Å². The maximum absolute atomic E-state index is 14.5. The van der Waals surface area contributed by atoms with Gasteiger partial charge < -0.3 is 14.4 Å². The van der Waals surface area contributed by atoms with Gasteiger partial charge in [0.1, 0.15) is 17.8 Å². The summed E-state index contributed by atoms with van der Waals surface area (Å²) in [6.07, 6.45) is 0.330. The number of ether oxygens (including phenoxy) is 2. The van der Waals surface area contributed by atoms with Gasteiger partial charge in [0.15, 0.2) is 12.0 Å². The first-order valence-electron chi connectivity index (χ1n) is 9.17. The van der Waals surface area contributed by atoms with Crippen molar-refractivity contribution in [3.8, 4) is 0 Å². The summed E-state index contributed by atoms with van der Waals surface area (Å²) in [6.45, 7) is 1.83. The highest BCUT2D eigenvalue weighted by molar-refractivity contribution is 6.18. The van der Waals surface area contributed by atoms with Crippen molar-refractivity contribution in [2.45, 2.75) is 75.7 Å². The van der Waals surface area contributed by atoms with Crippen molar-refractivity contribution >= 4 is 11.8 Å². The highest BCUT2D eigenvalue weighted by Gasteiger charge is 2.58. The number of carbonyl (C=O) groups is 2. The molecule has 2 saturated carbocycles. The molecule has 7 heteroatoms. The lowest BCUT2D eigenvalue weighted by Gasteiger charge is -2.57. The molecule has 0 radical (unpaired) electrons. The summed E-state index contributed by atoms with van der Waals surface area (Å²) in [5, 5.41) is 0. The molecule has 2 heterocycles. The molecule has 7 atom stereocenters. The minimum atomic E-state index is -1.75. The van der Waals surface area contributed by atoms with E-state index in [0.29, 0.717) is 0 Å². The van der Waals surface area contributed by atoms with Gasteiger partial charge in [-0.3, -0.25) is 4.79 Å². The molecule has 5 nitrogen and oxygen atoms in total. The number of fused-ring (bicyclic) bond motifs is 2. The van der Waals surface area contributed by atoms with Crippen molar-refractivity contribution in [3.63, 3.8) is 0 Å². The average molecular weight is 355 g/mol. The zero-order valence-corrected chi connectivity index (χ0v) is 14.2. The Kier molecular flexibility index (Phi) is 4.30. The van der Waals surface area contributed by atoms with Crippen LogP contribution in [0.4, 0.5) is 8.78 Å². The van der Waals surface area contributed by atoms with E-state index in [1.54, 1.807) is 6.92 Å². The van der Waals surface area contributed by atoms with E-state index in [4.69, 9.17) is 9.47 Å². The molecule has 0 spiro atoms. The summed E-state index contributed by atoms with van der Waals surface area (Å²) in [6, 6.07) is -0.537. The Morgan fingerprint density at radius 2 is 2.12 bits per heavy atom. The minimum absolute atomic E-state index is 0.00149. The zero-order chi connectivity index (χ0) is 17.7. The molecule has 4 rings (SSSR count). The lowest BCUT2D eigenvalue weighted by molar-refractivity contribution is -0.209. The number of hydrogen-bond donors (Lipinski definition) is 0. The smallest absolute Gasteiger partial charge is 0.343 e. The van der Waals surface area contributed by atoms with E-state index in [2.05, 4.69) is 0 Å². The molecule has 0 bridgehead atoms. The van der Waals surface area contributed by atoms with Crippen LogP contribution in [0.25, 0.3) is 0 Å². The van der Waals surface area contributed by atoms with E-state index in [1.807, 2.05) is 4.90 Å². The Labute approximate surface area is 145 Å². The van der Waals surface area contributed by atoms with Gasteiger partial charge in [0, 0.05) is 12.1 Å². The Morgan fingerprint density at radius 3 is 2.88 bits per heavy atom. The average Bonchev–Trinajstić information content (AvgIpc) is 2.61. The first-order valence-corrected chi connectivity index (χ1v) is 9.17. The third-order valence-corrected chi connectivity index (χ3v) is 5.99. The fourth-order valence-corrected chi connectivity index (χ4v) is 4.89. The highest BCUT2D eigenvalue weighted by Crippen LogP contribution is 2.46. The van der Waals surface area contributed by atoms with Gasteiger partial charge in [-0.05, 0) is 26.2 Å². The molecule has 0 N–H and O–H groups in total. The maximum atomic E-state index is 14.5. The van der Waals surface area contributed by atoms with Crippen LogP contribution in [-0.4, -0.2) is 59.9 Å². The van der Waals surface area contributed by atoms with Crippen LogP contribution in [0, 0.1) is 5.92 Å². The SMILES string of the molecule is CCOC(=O)C1=CN2C3CCCCC3OC3C(F)C(F)CC(C1=O)C32. The molecular formula is C18H23F2NO4. The molecule has 1 saturated heterocycles. The number of halogens is 2. The van der Waals surface area contributed by atoms with Gasteiger partial charge in [-0.25, -0.2) is 13.6 Å². The summed E-state index contributed by atoms with van der Waals surface area (Å²) in [5.41, 5.74) is -0.0439. The van der Waals surface area contributed by atoms with Gasteiger partial charge in [-0.1, -0.05) is 12.8 Å². The fourth-order valence-electron chi connectivity index (χ4n) is 4.89. The van der Waals surface area contributed by atoms with E-state index < -0.39 is 42.2 Å². The lowest BCUT2D eigenvalue weighted by atomic mass is 9.71. The zero-order valence-electron chi connectivity index (χ0n) is 14.2. The largest absolute Gasteiger partial charge is 0.462 e. The number of Topliss-reactive ketones (excluding diaryl/α,β-unsaturated/α-hetero) is 1. The summed E-state index contributed by atoms with van der Waals surface area (Å²) < 4.78 is 39.7. The highest BCUT2D eigenvalue weighted by atomic mass is 19.2. The van der Waals surface area contributed by atoms with Gasteiger partial charge in [-0.15, -0.1) is 0 Å². The van der Waals surface area contributed by atoms with Crippen molar-refractivity contribution in [1.82, 2.24) is 4.90 Å². The quantitative estimate of drug-likeness (QED) is 0.561. The summed E-state index contributed by atoms with van der Waals surface area (Å²) in [5.74, 6) is -1.89. The van der Waals surface area contributed by atoms with Crippen LogP contribution < -0.4 is 0 Å². The van der Waals surface area contributed by atoms with E-state index in [9.17, 15) is 18.4 Å². The second kappa shape index (κ2) is 6.34. The van der Waals surface area contributed by atoms with Gasteiger partial charge in [0.05, 0.1) is 24.8 Å². The van der Waals surface area contributed by atoms with Crippen LogP contribution in [0.1, 0.15) is 39.0 Å². The summed E-state index contributed by atoms with van der Waals surface area (Å²) in [4.78, 5) is 26.9. The van der Waals surface area contributed by atoms with Crippen LogP contribution in [-0.2, 0) is 19.1 Å². The molecule has 0 aromatic rings. The Hall–Kier alpha value is -1.50. The second-order valence-corrected chi connectivity index (χ2v) is 7.36. The van der Waals surface area contributed by atoms with E-state index in [0.717, 1.165) is 25.7 Å². The number of hydrogen-bond acceptors (Lipinski definition) is 5. The monoisotopic (exact) mass is 355 g/mol. The van der Waals surface area contributed by atoms with E-state index in [-0.39, 0.29) is 30.7 Å². The van der Waals surface area contributed by atoms with Gasteiger partial charge in [0.2, 0.25) is 0 Å². The molecule has 25 heavy (non-hydrogen) atoms. The number of alkyl halides is 2. The van der Waals surface area contributed by atoms with E-state index in [1.165, 1.54) is 6.20 Å². The van der Waals surface area contributed by atoms with Crippen molar-refractivity contribution in [2.24, 2.45) is 5.92 Å². The molecule has 0 amide bonds. The van der Waals surface area contributed by atoms with Crippen molar-refractivity contribution in [1.29, 1.82) is 0 Å². The van der Waals surface area contributed by atoms with Crippen molar-refractivity contribution < 1.29 is 27.8 Å². The number of carbonyl (C=O) groups excluding carboxylic acids is 2. The normalized spacial score (nSPS) is 43.0. The molecular weight excluding hydrogens is 332 g/mol. The van der Waals surface area contributed by atoms with E-state index >= 15 is 0 Å². The molecule has 4 aliphatic rings. The third kappa shape index (κ3) is 2.58. The Bertz CT molecular complexity index is 610. The Balaban J connectivity index is 1.75. The first kappa shape index (κ1) is 16.9. The number of morpholine rings is 1. The fraction of sp³-hybridized carbons (Fsp3) is 0.778. The predicted octanol–water partition coefficient (Wildman–Crippen LogP) is 2.09. The van der Waals surface area contributed by atoms with Crippen LogP contribution in [0.2, 0.25) is 0 Å². The van der Waals surface area contributed by atoms with Crippen molar-refractivity contribution in [2.75, 3.05) is 6.61 Å². The van der Waals surface area contributed by atoms with Crippen LogP contribution in [0.15, 0.2) is 11.8 Å². The summed E-state index contributed by atoms with van der Waals surface area (Å²) >= 11 is 0. The van der Waals surface area contributed by atoms with Gasteiger partial charge in [0.25, 0.3) is 0 Å². The predicted molar refractivity (Wildman–Crippen MR) is 84.2 cm³/mol. The molecule has 138 valence electrons. The lowest BCUT2D eigenvalue weighted by Crippen LogP contribution is -2.70. The number of nitrogens with zero attached hydrogens (tertiary/aromatic N) is 1. The molecule has 7 unspecified atom stereocenters. The minimum Gasteiger partial charge on any atom is -0.462 e. The number of ketones is 1. The summed E-state index contributed by atoms with van der Waals surface area (Å²) in [7, 11) is 0. The van der Waals surface area contributed by atoms with Crippen LogP contribution in [0.5, 0.6) is 0 Å². The molecule has 2 aliphatic heterocycles. The van der Waals surface area contributed by atoms with Crippen molar-refractivity contribution in [3.05, 3.63) is 11.8 Å². The molecule has 3 fully saturated rings. The standard InChI is InChI=1S/C18H23F2NO4/c1-2-24-18(23)10-8-21-12-5-3-4-6-13(12)25-17-14(20)11(19)7-9(15(17)21)16(10)22/h8-9,11-15,17H,2-7H2,1H3. The van der Waals surface area contributed by atoms with Crippen LogP contribution >= 0.6 is 0 Å². The van der Waals surface area contributed by atoms with Gasteiger partial charge in [-0.2, -0.15) is 0 Å². The number of rotatable bonds is 2. The van der Waals surface area contributed by atoms with Gasteiger partial charge >= 0.3 is 5.97 Å². The third-order valence-electron chi connectivity index (χ3n) is 5.99. The molecule has 0 aromatic heterocycles. The second-order valence-electron chi connectivity index (χ2n) is 7.36. The molecule has 0 aromatic carbocycles. The molecule has 2 aliphatic carbocycles. The topological polar surface area (TPSA) is 55.8 Å². The first-order chi connectivity index (χ1) is 12.0. The maximum Gasteiger partial charge on any atom is 0.343 e.